The van der Waals surface area contributed by atoms with E-state index in [2.05, 4.69) is 0 Å². The number of hydrogen-bond acceptors (Lipinski definition) is 7. The number of rotatable bonds is 10. The van der Waals surface area contributed by atoms with E-state index in [1.807, 2.05) is 6.92 Å². The van der Waals surface area contributed by atoms with Gasteiger partial charge >= 0.3 is 5.97 Å². The van der Waals surface area contributed by atoms with Crippen molar-refractivity contribution in [3.63, 3.8) is 0 Å². The van der Waals surface area contributed by atoms with Gasteiger partial charge in [-0.15, -0.1) is 0 Å². The lowest BCUT2D eigenvalue weighted by Gasteiger charge is -2.14. The summed E-state index contributed by atoms with van der Waals surface area (Å²) in [6.07, 6.45) is -0.0345. The highest BCUT2D eigenvalue weighted by molar-refractivity contribution is 5.98. The first-order valence-corrected chi connectivity index (χ1v) is 8.72. The van der Waals surface area contributed by atoms with Gasteiger partial charge in [-0.2, -0.15) is 0 Å². The number of esters is 1. The maximum absolute atomic E-state index is 12.2. The molecule has 0 heterocycles. The van der Waals surface area contributed by atoms with E-state index in [0.29, 0.717) is 40.7 Å². The molecule has 150 valence electrons. The van der Waals surface area contributed by atoms with Crippen LogP contribution in [-0.2, 0) is 16.0 Å². The SMILES string of the molecule is CCOc1ccc(C(=O)COC(=O)Cc2cc(OC)c(OC)c(OC)c2)cc1. The molecule has 0 radical (unpaired) electrons. The van der Waals surface area contributed by atoms with E-state index in [4.69, 9.17) is 23.7 Å². The largest absolute Gasteiger partial charge is 0.494 e. The van der Waals surface area contributed by atoms with Crippen LogP contribution in [0.5, 0.6) is 23.0 Å². The first kappa shape index (κ1) is 21.1. The molecule has 0 fully saturated rings. The van der Waals surface area contributed by atoms with E-state index >= 15 is 0 Å². The van der Waals surface area contributed by atoms with Gasteiger partial charge in [0.25, 0.3) is 0 Å². The lowest BCUT2D eigenvalue weighted by Crippen LogP contribution is -2.15. The second-order valence-corrected chi connectivity index (χ2v) is 5.75. The van der Waals surface area contributed by atoms with Gasteiger partial charge in [-0.3, -0.25) is 9.59 Å². The molecule has 2 aromatic rings. The van der Waals surface area contributed by atoms with Gasteiger partial charge in [-0.1, -0.05) is 0 Å². The average molecular weight is 388 g/mol. The van der Waals surface area contributed by atoms with Crippen LogP contribution in [0.25, 0.3) is 0 Å². The van der Waals surface area contributed by atoms with E-state index in [-0.39, 0.29) is 18.8 Å². The lowest BCUT2D eigenvalue weighted by molar-refractivity contribution is -0.141. The summed E-state index contributed by atoms with van der Waals surface area (Å²) in [5.41, 5.74) is 1.07. The summed E-state index contributed by atoms with van der Waals surface area (Å²) in [6, 6.07) is 10.0. The molecule has 2 rings (SSSR count). The lowest BCUT2D eigenvalue weighted by atomic mass is 10.1. The van der Waals surface area contributed by atoms with E-state index < -0.39 is 5.97 Å². The predicted molar refractivity (Wildman–Crippen MR) is 103 cm³/mol. The molecule has 28 heavy (non-hydrogen) atoms. The van der Waals surface area contributed by atoms with Crippen LogP contribution in [0.4, 0.5) is 0 Å². The predicted octanol–water partition coefficient (Wildman–Crippen LogP) is 3.08. The zero-order valence-corrected chi connectivity index (χ0v) is 16.4. The maximum atomic E-state index is 12.2. The summed E-state index contributed by atoms with van der Waals surface area (Å²) in [5.74, 6) is 1.17. The maximum Gasteiger partial charge on any atom is 0.310 e. The Balaban J connectivity index is 1.97. The van der Waals surface area contributed by atoms with Crippen molar-refractivity contribution in [1.82, 2.24) is 0 Å². The first-order chi connectivity index (χ1) is 13.5. The minimum atomic E-state index is -0.534. The number of methoxy groups -OCH3 is 3. The number of ketones is 1. The molecule has 0 atom stereocenters. The van der Waals surface area contributed by atoms with E-state index in [0.717, 1.165) is 0 Å². The van der Waals surface area contributed by atoms with Gasteiger partial charge in [0.1, 0.15) is 5.75 Å². The third-order valence-electron chi connectivity index (χ3n) is 3.92. The highest BCUT2D eigenvalue weighted by Gasteiger charge is 2.16. The minimum Gasteiger partial charge on any atom is -0.494 e. The average Bonchev–Trinajstić information content (AvgIpc) is 2.72. The van der Waals surface area contributed by atoms with Crippen LogP contribution in [0, 0.1) is 0 Å². The molecule has 0 spiro atoms. The molecular weight excluding hydrogens is 364 g/mol. The second kappa shape index (κ2) is 10.2. The van der Waals surface area contributed by atoms with Gasteiger partial charge in [0.2, 0.25) is 5.75 Å². The molecule has 7 nitrogen and oxygen atoms in total. The Bertz CT molecular complexity index is 787. The van der Waals surface area contributed by atoms with Gasteiger partial charge < -0.3 is 23.7 Å². The number of carbonyl (C=O) groups excluding carboxylic acids is 2. The van der Waals surface area contributed by atoms with Crippen LogP contribution < -0.4 is 18.9 Å². The molecule has 2 aromatic carbocycles. The smallest absolute Gasteiger partial charge is 0.310 e. The van der Waals surface area contributed by atoms with Gasteiger partial charge in [0.05, 0.1) is 34.4 Å². The van der Waals surface area contributed by atoms with Crippen LogP contribution >= 0.6 is 0 Å². The monoisotopic (exact) mass is 388 g/mol. The Kier molecular flexibility index (Phi) is 7.68. The van der Waals surface area contributed by atoms with Crippen molar-refractivity contribution < 1.29 is 33.3 Å². The molecule has 0 aliphatic carbocycles. The normalized spacial score (nSPS) is 10.1. The molecule has 7 heteroatoms. The van der Waals surface area contributed by atoms with Crippen molar-refractivity contribution in [3.05, 3.63) is 47.5 Å². The van der Waals surface area contributed by atoms with Gasteiger partial charge in [-0.05, 0) is 48.9 Å². The number of ether oxygens (including phenoxy) is 5. The van der Waals surface area contributed by atoms with E-state index in [1.165, 1.54) is 21.3 Å². The summed E-state index contributed by atoms with van der Waals surface area (Å²) in [4.78, 5) is 24.3. The minimum absolute atomic E-state index is 0.0345. The summed E-state index contributed by atoms with van der Waals surface area (Å²) in [5, 5.41) is 0. The van der Waals surface area contributed by atoms with Gasteiger partial charge in [-0.25, -0.2) is 0 Å². The number of Topliss-reactive ketones (excluding diaryl/α,β-unsaturated/α-hetero) is 1. The van der Waals surface area contributed by atoms with Crippen molar-refractivity contribution in [2.45, 2.75) is 13.3 Å². The molecule has 0 N–H and O–H groups in total. The Morgan fingerprint density at radius 3 is 2.00 bits per heavy atom. The molecule has 0 aromatic heterocycles. The number of hydrogen-bond donors (Lipinski definition) is 0. The topological polar surface area (TPSA) is 80.3 Å². The standard InChI is InChI=1S/C21H24O7/c1-5-27-16-8-6-15(7-9-16)17(22)13-28-20(23)12-14-10-18(24-2)21(26-4)19(11-14)25-3/h6-11H,5,12-13H2,1-4H3. The van der Waals surface area contributed by atoms with E-state index in [9.17, 15) is 9.59 Å². The molecule has 0 saturated carbocycles. The zero-order valence-electron chi connectivity index (χ0n) is 16.4. The van der Waals surface area contributed by atoms with Crippen LogP contribution in [0.2, 0.25) is 0 Å². The van der Waals surface area contributed by atoms with Gasteiger partial charge in [0.15, 0.2) is 23.9 Å². The highest BCUT2D eigenvalue weighted by atomic mass is 16.5. The molecule has 0 aliphatic heterocycles. The van der Waals surface area contributed by atoms with Crippen LogP contribution in [0.1, 0.15) is 22.8 Å². The molecular formula is C21H24O7. The van der Waals surface area contributed by atoms with Crippen molar-refractivity contribution in [2.75, 3.05) is 34.5 Å². The Labute approximate surface area is 164 Å². The van der Waals surface area contributed by atoms with Gasteiger partial charge in [0, 0.05) is 5.56 Å². The van der Waals surface area contributed by atoms with Crippen molar-refractivity contribution in [1.29, 1.82) is 0 Å². The fraction of sp³-hybridized carbons (Fsp3) is 0.333. The molecule has 0 aliphatic rings. The number of benzene rings is 2. The highest BCUT2D eigenvalue weighted by Crippen LogP contribution is 2.38. The fourth-order valence-electron chi connectivity index (χ4n) is 2.59. The Hall–Kier alpha value is -3.22. The molecule has 0 bridgehead atoms. The summed E-state index contributed by atoms with van der Waals surface area (Å²) >= 11 is 0. The van der Waals surface area contributed by atoms with Crippen LogP contribution in [0.3, 0.4) is 0 Å². The quantitative estimate of drug-likeness (QED) is 0.457. The van der Waals surface area contributed by atoms with Crippen molar-refractivity contribution in [2.24, 2.45) is 0 Å². The van der Waals surface area contributed by atoms with Crippen LogP contribution in [0.15, 0.2) is 36.4 Å². The fourth-order valence-corrected chi connectivity index (χ4v) is 2.59. The third-order valence-corrected chi connectivity index (χ3v) is 3.92. The Morgan fingerprint density at radius 1 is 0.893 bits per heavy atom. The first-order valence-electron chi connectivity index (χ1n) is 8.72. The summed E-state index contributed by atoms with van der Waals surface area (Å²) in [6.45, 7) is 2.09. The molecule has 0 saturated heterocycles. The number of carbonyl (C=O) groups is 2. The second-order valence-electron chi connectivity index (χ2n) is 5.75. The van der Waals surface area contributed by atoms with Crippen molar-refractivity contribution in [3.8, 4) is 23.0 Å². The zero-order chi connectivity index (χ0) is 20.5. The molecule has 0 amide bonds. The third kappa shape index (κ3) is 5.39. The van der Waals surface area contributed by atoms with Crippen LogP contribution in [-0.4, -0.2) is 46.3 Å². The summed E-state index contributed by atoms with van der Waals surface area (Å²) in [7, 11) is 4.49. The van der Waals surface area contributed by atoms with E-state index in [1.54, 1.807) is 36.4 Å². The molecule has 0 unspecified atom stereocenters. The summed E-state index contributed by atoms with van der Waals surface area (Å²) < 4.78 is 26.2. The Morgan fingerprint density at radius 2 is 1.50 bits per heavy atom. The van der Waals surface area contributed by atoms with Crippen molar-refractivity contribution >= 4 is 11.8 Å².